The van der Waals surface area contributed by atoms with Crippen LogP contribution in [0.2, 0.25) is 0 Å². The standard InChI is InChI=1S/C18H22N4O/c19-8-13-4-5-17(20-9-13)21-7-6-16(12-21)18(23)22-10-14-2-1-3-15(14)11-22/h4-5,9,14-16H,1-3,6-7,10-12H2. The Morgan fingerprint density at radius 3 is 2.61 bits per heavy atom. The van der Waals surface area contributed by atoms with E-state index < -0.39 is 0 Å². The van der Waals surface area contributed by atoms with E-state index in [1.165, 1.54) is 19.3 Å². The molecule has 3 heterocycles. The molecule has 3 aliphatic rings. The van der Waals surface area contributed by atoms with Gasteiger partial charge in [-0.05, 0) is 43.2 Å². The average Bonchev–Trinajstić information content (AvgIpc) is 3.29. The summed E-state index contributed by atoms with van der Waals surface area (Å²) in [4.78, 5) is 21.4. The number of hydrogen-bond donors (Lipinski definition) is 0. The lowest BCUT2D eigenvalue weighted by Gasteiger charge is -2.22. The van der Waals surface area contributed by atoms with Crippen LogP contribution in [0, 0.1) is 29.1 Å². The molecule has 5 nitrogen and oxygen atoms in total. The third kappa shape index (κ3) is 2.67. The second-order valence-corrected chi connectivity index (χ2v) is 7.14. The van der Waals surface area contributed by atoms with Crippen molar-refractivity contribution >= 4 is 11.7 Å². The minimum Gasteiger partial charge on any atom is -0.356 e. The molecule has 3 fully saturated rings. The number of hydrogen-bond acceptors (Lipinski definition) is 4. The molecule has 0 bridgehead atoms. The number of anilines is 1. The fourth-order valence-corrected chi connectivity index (χ4v) is 4.48. The molecule has 120 valence electrons. The highest BCUT2D eigenvalue weighted by Crippen LogP contribution is 2.38. The SMILES string of the molecule is N#Cc1ccc(N2CCC(C(=O)N3CC4CCCC4C3)C2)nc1. The highest BCUT2D eigenvalue weighted by molar-refractivity contribution is 5.80. The van der Waals surface area contributed by atoms with Gasteiger partial charge >= 0.3 is 0 Å². The van der Waals surface area contributed by atoms with Crippen molar-refractivity contribution in [1.82, 2.24) is 9.88 Å². The Balaban J connectivity index is 1.38. The zero-order valence-corrected chi connectivity index (χ0v) is 13.3. The van der Waals surface area contributed by atoms with Gasteiger partial charge in [-0.3, -0.25) is 4.79 Å². The smallest absolute Gasteiger partial charge is 0.227 e. The average molecular weight is 310 g/mol. The molecule has 1 aromatic heterocycles. The second kappa shape index (κ2) is 5.84. The van der Waals surface area contributed by atoms with E-state index in [2.05, 4.69) is 20.9 Å². The van der Waals surface area contributed by atoms with Crippen molar-refractivity contribution in [3.8, 4) is 6.07 Å². The summed E-state index contributed by atoms with van der Waals surface area (Å²) < 4.78 is 0. The van der Waals surface area contributed by atoms with Gasteiger partial charge in [0.05, 0.1) is 11.5 Å². The number of carbonyl (C=O) groups excluding carboxylic acids is 1. The largest absolute Gasteiger partial charge is 0.356 e. The fraction of sp³-hybridized carbons (Fsp3) is 0.611. The summed E-state index contributed by atoms with van der Waals surface area (Å²) in [5, 5.41) is 8.84. The molecule has 3 unspecified atom stereocenters. The van der Waals surface area contributed by atoms with Crippen molar-refractivity contribution in [3.63, 3.8) is 0 Å². The first-order valence-corrected chi connectivity index (χ1v) is 8.64. The van der Waals surface area contributed by atoms with E-state index in [1.54, 1.807) is 12.3 Å². The first-order chi connectivity index (χ1) is 11.2. The van der Waals surface area contributed by atoms with E-state index in [9.17, 15) is 4.79 Å². The molecule has 0 spiro atoms. The summed E-state index contributed by atoms with van der Waals surface area (Å²) in [7, 11) is 0. The summed E-state index contributed by atoms with van der Waals surface area (Å²) in [6.07, 6.45) is 6.47. The lowest BCUT2D eigenvalue weighted by Crippen LogP contribution is -2.36. The van der Waals surface area contributed by atoms with Crippen LogP contribution < -0.4 is 4.90 Å². The fourth-order valence-electron chi connectivity index (χ4n) is 4.48. The summed E-state index contributed by atoms with van der Waals surface area (Å²) in [6.45, 7) is 3.59. The quantitative estimate of drug-likeness (QED) is 0.838. The summed E-state index contributed by atoms with van der Waals surface area (Å²) in [6, 6.07) is 5.76. The second-order valence-electron chi connectivity index (χ2n) is 7.14. The van der Waals surface area contributed by atoms with Crippen LogP contribution in [0.25, 0.3) is 0 Å². The molecule has 2 saturated heterocycles. The van der Waals surface area contributed by atoms with Crippen molar-refractivity contribution in [2.45, 2.75) is 25.7 Å². The normalized spacial score (nSPS) is 29.6. The van der Waals surface area contributed by atoms with E-state index >= 15 is 0 Å². The van der Waals surface area contributed by atoms with Crippen molar-refractivity contribution in [1.29, 1.82) is 5.26 Å². The third-order valence-electron chi connectivity index (χ3n) is 5.78. The van der Waals surface area contributed by atoms with E-state index in [4.69, 9.17) is 5.26 Å². The van der Waals surface area contributed by atoms with Gasteiger partial charge in [0.25, 0.3) is 0 Å². The van der Waals surface area contributed by atoms with Crippen molar-refractivity contribution in [2.24, 2.45) is 17.8 Å². The molecule has 23 heavy (non-hydrogen) atoms. The van der Waals surface area contributed by atoms with Crippen LogP contribution in [0.4, 0.5) is 5.82 Å². The zero-order chi connectivity index (χ0) is 15.8. The molecule has 3 atom stereocenters. The number of nitriles is 1. The molecule has 0 aromatic carbocycles. The monoisotopic (exact) mass is 310 g/mol. The lowest BCUT2D eigenvalue weighted by atomic mass is 10.0. The van der Waals surface area contributed by atoms with Crippen LogP contribution in [0.1, 0.15) is 31.2 Å². The molecular weight excluding hydrogens is 288 g/mol. The van der Waals surface area contributed by atoms with E-state index in [0.717, 1.165) is 50.3 Å². The Bertz CT molecular complexity index is 623. The van der Waals surface area contributed by atoms with Gasteiger partial charge in [-0.2, -0.15) is 5.26 Å². The molecule has 1 aromatic rings. The molecular formula is C18H22N4O. The Morgan fingerprint density at radius 1 is 1.17 bits per heavy atom. The predicted molar refractivity (Wildman–Crippen MR) is 86.7 cm³/mol. The third-order valence-corrected chi connectivity index (χ3v) is 5.78. The van der Waals surface area contributed by atoms with E-state index in [1.807, 2.05) is 6.07 Å². The lowest BCUT2D eigenvalue weighted by molar-refractivity contribution is -0.134. The molecule has 0 N–H and O–H groups in total. The molecule has 4 rings (SSSR count). The van der Waals surface area contributed by atoms with Gasteiger partial charge in [0, 0.05) is 32.4 Å². The molecule has 1 saturated carbocycles. The van der Waals surface area contributed by atoms with Gasteiger partial charge in [0.15, 0.2) is 0 Å². The Hall–Kier alpha value is -2.09. The molecule has 1 amide bonds. The highest BCUT2D eigenvalue weighted by atomic mass is 16.2. The Morgan fingerprint density at radius 2 is 1.96 bits per heavy atom. The van der Waals surface area contributed by atoms with Crippen LogP contribution in [0.5, 0.6) is 0 Å². The van der Waals surface area contributed by atoms with Gasteiger partial charge in [-0.25, -0.2) is 4.98 Å². The van der Waals surface area contributed by atoms with Gasteiger partial charge in [0.2, 0.25) is 5.91 Å². The number of fused-ring (bicyclic) bond motifs is 1. The number of likely N-dealkylation sites (tertiary alicyclic amines) is 1. The van der Waals surface area contributed by atoms with Gasteiger partial charge in [-0.15, -0.1) is 0 Å². The minimum absolute atomic E-state index is 0.103. The Kier molecular flexibility index (Phi) is 3.68. The van der Waals surface area contributed by atoms with Crippen molar-refractivity contribution in [3.05, 3.63) is 23.9 Å². The maximum absolute atomic E-state index is 12.8. The molecule has 5 heteroatoms. The van der Waals surface area contributed by atoms with Gasteiger partial charge in [-0.1, -0.05) is 6.42 Å². The maximum atomic E-state index is 12.8. The summed E-state index contributed by atoms with van der Waals surface area (Å²) in [5.41, 5.74) is 0.573. The minimum atomic E-state index is 0.103. The molecule has 0 radical (unpaired) electrons. The maximum Gasteiger partial charge on any atom is 0.227 e. The van der Waals surface area contributed by atoms with Crippen LogP contribution >= 0.6 is 0 Å². The zero-order valence-electron chi connectivity index (χ0n) is 13.3. The Labute approximate surface area is 136 Å². The summed E-state index contributed by atoms with van der Waals surface area (Å²) in [5.74, 6) is 2.84. The number of aromatic nitrogens is 1. The van der Waals surface area contributed by atoms with Crippen molar-refractivity contribution < 1.29 is 4.79 Å². The van der Waals surface area contributed by atoms with Crippen LogP contribution in [-0.4, -0.2) is 42.0 Å². The molecule has 2 aliphatic heterocycles. The number of carbonyl (C=O) groups is 1. The van der Waals surface area contributed by atoms with Gasteiger partial charge in [0.1, 0.15) is 11.9 Å². The number of nitrogens with zero attached hydrogens (tertiary/aromatic N) is 4. The predicted octanol–water partition coefficient (Wildman–Crippen LogP) is 2.04. The van der Waals surface area contributed by atoms with E-state index in [-0.39, 0.29) is 5.92 Å². The van der Waals surface area contributed by atoms with Crippen LogP contribution in [0.15, 0.2) is 18.3 Å². The van der Waals surface area contributed by atoms with Gasteiger partial charge < -0.3 is 9.80 Å². The topological polar surface area (TPSA) is 60.2 Å². The number of rotatable bonds is 2. The first kappa shape index (κ1) is 14.5. The summed E-state index contributed by atoms with van der Waals surface area (Å²) >= 11 is 0. The van der Waals surface area contributed by atoms with Crippen LogP contribution in [-0.2, 0) is 4.79 Å². The van der Waals surface area contributed by atoms with Crippen LogP contribution in [0.3, 0.4) is 0 Å². The van der Waals surface area contributed by atoms with E-state index in [0.29, 0.717) is 11.5 Å². The number of amides is 1. The highest BCUT2D eigenvalue weighted by Gasteiger charge is 2.41. The number of pyridine rings is 1. The first-order valence-electron chi connectivity index (χ1n) is 8.64. The van der Waals surface area contributed by atoms with Crippen molar-refractivity contribution in [2.75, 3.05) is 31.1 Å². The molecule has 1 aliphatic carbocycles.